The lowest BCUT2D eigenvalue weighted by molar-refractivity contribution is -0.0565. The molecule has 14 rings (SSSR count). The summed E-state index contributed by atoms with van der Waals surface area (Å²) >= 11 is 19.9. The first-order valence-corrected chi connectivity index (χ1v) is 38.1. The Bertz CT molecular complexity index is 4380. The largest absolute Gasteiger partial charge is 0.398 e. The molecule has 6 saturated heterocycles. The number of aromatic nitrogens is 10. The average molecular weight is 1410 g/mol. The third kappa shape index (κ3) is 12.7. The van der Waals surface area contributed by atoms with Crippen LogP contribution in [0.5, 0.6) is 0 Å². The van der Waals surface area contributed by atoms with Gasteiger partial charge in [-0.2, -0.15) is 0 Å². The van der Waals surface area contributed by atoms with E-state index in [1.54, 1.807) is 47.3 Å². The number of fused-ring (bicyclic) bond motifs is 10. The molecule has 4 unspecified atom stereocenters. The molecule has 6 aliphatic heterocycles. The Morgan fingerprint density at radius 2 is 1.14 bits per heavy atom. The molecule has 19 atom stereocenters. The van der Waals surface area contributed by atoms with Crippen molar-refractivity contribution in [2.24, 2.45) is 0 Å². The quantitative estimate of drug-likeness (QED) is 0.0851. The maximum absolute atomic E-state index is 16.1. The second-order valence-corrected chi connectivity index (χ2v) is 34.1. The van der Waals surface area contributed by atoms with E-state index in [0.29, 0.717) is 39.0 Å². The number of hydrogen-bond acceptors (Lipinski definition) is 25. The summed E-state index contributed by atoms with van der Waals surface area (Å²) in [5.74, 6) is -0.00305. The van der Waals surface area contributed by atoms with E-state index in [0.717, 1.165) is 0 Å². The summed E-state index contributed by atoms with van der Waals surface area (Å²) in [5.41, 5.74) is 19.3. The van der Waals surface area contributed by atoms with Crippen LogP contribution in [0.4, 0.5) is 30.4 Å². The molecule has 0 saturated carbocycles. The van der Waals surface area contributed by atoms with Crippen molar-refractivity contribution in [2.75, 3.05) is 56.3 Å². The van der Waals surface area contributed by atoms with Crippen LogP contribution in [-0.4, -0.2) is 169 Å². The van der Waals surface area contributed by atoms with Gasteiger partial charge < -0.3 is 107 Å². The zero-order valence-electron chi connectivity index (χ0n) is 46.0. The molecule has 0 aromatic carbocycles. The van der Waals surface area contributed by atoms with Gasteiger partial charge in [0, 0.05) is 65.6 Å². The molecule has 0 radical (unpaired) electrons. The highest BCUT2D eigenvalue weighted by Gasteiger charge is 2.54. The molecule has 484 valence electrons. The summed E-state index contributed by atoms with van der Waals surface area (Å²) in [6.07, 6.45) is -10.9. The van der Waals surface area contributed by atoms with Crippen LogP contribution >= 0.6 is 38.7 Å². The second kappa shape index (κ2) is 24.9. The molecule has 0 aliphatic carbocycles. The van der Waals surface area contributed by atoms with Crippen molar-refractivity contribution in [1.29, 1.82) is 0 Å². The van der Waals surface area contributed by atoms with Gasteiger partial charge in [0.05, 0.1) is 56.2 Å². The van der Waals surface area contributed by atoms with Gasteiger partial charge in [-0.3, -0.25) is 18.6 Å². The molecular formula is C48H54F3N13O18P4S4. The maximum atomic E-state index is 16.1. The Morgan fingerprint density at radius 1 is 0.600 bits per heavy atom. The first kappa shape index (κ1) is 64.1. The van der Waals surface area contributed by atoms with E-state index in [4.69, 9.17) is 108 Å². The van der Waals surface area contributed by atoms with Gasteiger partial charge in [-0.15, -0.1) is 0 Å². The zero-order chi connectivity index (χ0) is 63.3. The van der Waals surface area contributed by atoms with E-state index in [1.807, 2.05) is 0 Å². The van der Waals surface area contributed by atoms with Crippen molar-refractivity contribution in [3.63, 3.8) is 0 Å². The molecule has 6 aliphatic rings. The van der Waals surface area contributed by atoms with Gasteiger partial charge in [-0.1, -0.05) is 12.2 Å². The third-order valence-electron chi connectivity index (χ3n) is 15.5. The number of nitrogens with one attached hydrogen (secondary N) is 2. The van der Waals surface area contributed by atoms with Crippen molar-refractivity contribution in [3.05, 3.63) is 101 Å². The maximum Gasteiger partial charge on any atom is 0.386 e. The first-order chi connectivity index (χ1) is 42.8. The van der Waals surface area contributed by atoms with Gasteiger partial charge in [0.25, 0.3) is 11.1 Å². The van der Waals surface area contributed by atoms with Crippen molar-refractivity contribution >= 4 is 135 Å². The Labute approximate surface area is 524 Å². The highest BCUT2D eigenvalue weighted by molar-refractivity contribution is 8.44. The minimum atomic E-state index is -4.43. The zero-order valence-corrected chi connectivity index (χ0v) is 52.9. The first-order valence-electron chi connectivity index (χ1n) is 27.1. The van der Waals surface area contributed by atoms with Crippen molar-refractivity contribution in [3.8, 4) is 0 Å². The summed E-state index contributed by atoms with van der Waals surface area (Å²) in [5, 5.41) is 1.17. The fourth-order valence-electron chi connectivity index (χ4n) is 11.4. The fourth-order valence-corrected chi connectivity index (χ4v) is 16.7. The number of hydrogen-bond donors (Lipinski definition) is 9. The second-order valence-electron chi connectivity index (χ2n) is 21.4. The normalized spacial score (nSPS) is 37.1. The number of halogens is 3. The predicted octanol–water partition coefficient (Wildman–Crippen LogP) is 4.70. The summed E-state index contributed by atoms with van der Waals surface area (Å²) < 4.78 is 137. The lowest BCUT2D eigenvalue weighted by atomic mass is 10.1. The molecule has 90 heavy (non-hydrogen) atoms. The van der Waals surface area contributed by atoms with Crippen LogP contribution in [0.2, 0.25) is 0 Å². The number of aromatic amines is 2. The molecular weight excluding hydrogens is 1360 g/mol. The van der Waals surface area contributed by atoms with E-state index in [1.165, 1.54) is 51.0 Å². The SMILES string of the molecule is Nc1cc2c(ncn2[C@@H]2O[C@@H]3COP(O)(=S)CO[C@H]4[C@H](F)[C@H](n5ccc6c(N)ccnc65)O[C@@H]4COP(=O)(S)O[C@@H]2[C@@H]3F)c(=O)[nH]1.Nc1ccnc2c1ccn2[C@@H]1O[C@@H]2COP(O)(=S)O[C@@H]3C[C@@H](COP(O)(=S)CO[C@H]2[C@@H]1F)O[C@H]3n1cnc2c(=O)[nH]ccc21. The van der Waals surface area contributed by atoms with Gasteiger partial charge in [0.1, 0.15) is 72.5 Å². The molecule has 6 fully saturated rings. The van der Waals surface area contributed by atoms with Crippen LogP contribution in [0.25, 0.3) is 44.1 Å². The number of thiol groups is 1. The number of anilines is 3. The average Bonchev–Trinajstić information content (AvgIpc) is 1.68. The van der Waals surface area contributed by atoms with Crippen molar-refractivity contribution in [2.45, 2.75) is 98.7 Å². The molecule has 0 spiro atoms. The van der Waals surface area contributed by atoms with Gasteiger partial charge in [-0.05, 0) is 65.8 Å². The van der Waals surface area contributed by atoms with Gasteiger partial charge >= 0.3 is 13.5 Å². The number of nitrogen functional groups attached to an aromatic ring is 3. The number of nitrogens with two attached hydrogens (primary N) is 3. The van der Waals surface area contributed by atoms with E-state index < -0.39 is 162 Å². The molecule has 42 heteroatoms. The summed E-state index contributed by atoms with van der Waals surface area (Å²) in [7, 11) is 0. The summed E-state index contributed by atoms with van der Waals surface area (Å²) in [6, 6.07) is 9.59. The minimum Gasteiger partial charge on any atom is -0.398 e. The van der Waals surface area contributed by atoms with Gasteiger partial charge in [-0.25, -0.2) is 37.7 Å². The van der Waals surface area contributed by atoms with E-state index in [-0.39, 0.29) is 35.4 Å². The number of ether oxygens (including phenoxy) is 6. The van der Waals surface area contributed by atoms with Crippen molar-refractivity contribution in [1.82, 2.24) is 48.2 Å². The Morgan fingerprint density at radius 3 is 1.76 bits per heavy atom. The predicted molar refractivity (Wildman–Crippen MR) is 327 cm³/mol. The highest BCUT2D eigenvalue weighted by atomic mass is 32.7. The molecule has 8 aromatic heterocycles. The minimum absolute atomic E-state index is 0.00305. The van der Waals surface area contributed by atoms with Crippen LogP contribution in [0.3, 0.4) is 0 Å². The van der Waals surface area contributed by atoms with E-state index in [9.17, 15) is 28.8 Å². The van der Waals surface area contributed by atoms with Crippen LogP contribution < -0.4 is 28.3 Å². The number of alkyl halides is 3. The smallest absolute Gasteiger partial charge is 0.386 e. The van der Waals surface area contributed by atoms with Gasteiger partial charge in [0.2, 0.25) is 13.0 Å². The molecule has 4 bridgehead atoms. The summed E-state index contributed by atoms with van der Waals surface area (Å²) in [4.78, 5) is 79.3. The van der Waals surface area contributed by atoms with Crippen LogP contribution in [0.15, 0.2) is 89.6 Å². The topological polar surface area (TPSA) is 404 Å². The number of nitrogens with zero attached hydrogens (tertiary/aromatic N) is 8. The van der Waals surface area contributed by atoms with Crippen molar-refractivity contribution < 1.29 is 88.0 Å². The van der Waals surface area contributed by atoms with Crippen LogP contribution in [-0.2, 0) is 95.5 Å². The van der Waals surface area contributed by atoms with Gasteiger partial charge in [0.15, 0.2) is 54.5 Å². The fraction of sp³-hybridized carbons (Fsp3) is 0.458. The van der Waals surface area contributed by atoms with E-state index >= 15 is 13.2 Å². The van der Waals surface area contributed by atoms with E-state index in [2.05, 4.69) is 42.2 Å². The number of rotatable bonds is 4. The number of pyridine rings is 4. The lowest BCUT2D eigenvalue weighted by Gasteiger charge is -2.27. The highest BCUT2D eigenvalue weighted by Crippen LogP contribution is 2.59. The Kier molecular flexibility index (Phi) is 17.7. The van der Waals surface area contributed by atoms with Crippen LogP contribution in [0, 0.1) is 0 Å². The molecule has 0 amide bonds. The number of imidazole rings is 2. The standard InChI is InChI=1S/C24H27F2N7O9P2S2.C24H27FN6O9P2S2/c25-16-13-6-38-43(35,45)9-37-19-14(41-23(17(19)26)32-4-2-10-11(27)1-3-29-21(10)32)7-39-44(36,46)42-20(16)24(40-13)33-8-30-18-12(33)5-15(28)31-22(18)34;25-18-20-17(39-24(18)30-6-3-13-14(26)1-4-27-21(13)30)9-37-42(34,44)40-16-7-12(8-36-41(33,43)11-35-20)38-23(16)31-10-29-19-15(31)2-5-28-22(19)32/h1-5,8,13-14,16-17,19-20,23-24H,6-7,9H2,(H2,27,29)(H,35,45)(H,36,46)(H3,28,31,34);1-6,10,12,16-18,20,23-24H,7-9,11H2,(H2,26,27)(H,28,32)(H,33,43)(H,34,44)/t13-,14-,16-,17+,19-,20-,23-,24-,43?,44?;12-,16+,17+,18-,20+,23+,24+,41?,42?/m10/s1. The van der Waals surface area contributed by atoms with Crippen LogP contribution in [0.1, 0.15) is 31.3 Å². The summed E-state index contributed by atoms with van der Waals surface area (Å²) in [6.45, 7) is -17.6. The molecule has 31 nitrogen and oxygen atoms in total. The molecule has 8 aromatic rings. The monoisotopic (exact) mass is 1410 g/mol. The third-order valence-corrected chi connectivity index (χ3v) is 22.1. The number of H-pyrrole nitrogens is 2. The Hall–Kier alpha value is -4.66. The lowest BCUT2D eigenvalue weighted by Crippen LogP contribution is -2.36. The molecule has 11 N–H and O–H groups in total. The Balaban J connectivity index is 0.000000165. The molecule has 14 heterocycles.